The van der Waals surface area contributed by atoms with Crippen LogP contribution in [0.2, 0.25) is 5.15 Å². The summed E-state index contributed by atoms with van der Waals surface area (Å²) in [5.41, 5.74) is 2.08. The minimum Gasteiger partial charge on any atom is -0.241 e. The van der Waals surface area contributed by atoms with E-state index in [1.807, 2.05) is 6.92 Å². The van der Waals surface area contributed by atoms with Crippen LogP contribution >= 0.6 is 11.6 Å². The standard InChI is InChI=1S/C9H13ClN2/c1-4-6(2)8-7(3)11-5-12-9(8)10/h5-6H,4H2,1-3H3. The summed E-state index contributed by atoms with van der Waals surface area (Å²) >= 11 is 5.95. The normalized spacial score (nSPS) is 13.0. The van der Waals surface area contributed by atoms with Crippen molar-refractivity contribution in [1.82, 2.24) is 9.97 Å². The molecule has 1 atom stereocenters. The molecule has 66 valence electrons. The number of hydrogen-bond acceptors (Lipinski definition) is 2. The lowest BCUT2D eigenvalue weighted by Gasteiger charge is -2.11. The van der Waals surface area contributed by atoms with E-state index in [4.69, 9.17) is 11.6 Å². The topological polar surface area (TPSA) is 25.8 Å². The van der Waals surface area contributed by atoms with Gasteiger partial charge in [0.25, 0.3) is 0 Å². The second kappa shape index (κ2) is 3.85. The highest BCUT2D eigenvalue weighted by Gasteiger charge is 2.11. The number of aryl methyl sites for hydroxylation is 1. The maximum Gasteiger partial charge on any atom is 0.136 e. The van der Waals surface area contributed by atoms with E-state index in [1.54, 1.807) is 0 Å². The third-order valence-electron chi connectivity index (χ3n) is 2.14. The Labute approximate surface area is 78.0 Å². The Kier molecular flexibility index (Phi) is 3.04. The van der Waals surface area contributed by atoms with E-state index in [0.717, 1.165) is 17.7 Å². The summed E-state index contributed by atoms with van der Waals surface area (Å²) < 4.78 is 0. The van der Waals surface area contributed by atoms with E-state index in [0.29, 0.717) is 11.1 Å². The number of hydrogen-bond donors (Lipinski definition) is 0. The molecular weight excluding hydrogens is 172 g/mol. The first-order valence-corrected chi connectivity index (χ1v) is 4.51. The molecular formula is C9H13ClN2. The molecule has 12 heavy (non-hydrogen) atoms. The second-order valence-electron chi connectivity index (χ2n) is 2.97. The molecule has 0 saturated heterocycles. The van der Waals surface area contributed by atoms with Gasteiger partial charge in [0.1, 0.15) is 11.5 Å². The fraction of sp³-hybridized carbons (Fsp3) is 0.556. The van der Waals surface area contributed by atoms with Crippen molar-refractivity contribution >= 4 is 11.6 Å². The van der Waals surface area contributed by atoms with Gasteiger partial charge in [-0.05, 0) is 19.3 Å². The van der Waals surface area contributed by atoms with Gasteiger partial charge in [-0.15, -0.1) is 0 Å². The molecule has 0 aromatic carbocycles. The summed E-state index contributed by atoms with van der Waals surface area (Å²) in [7, 11) is 0. The smallest absolute Gasteiger partial charge is 0.136 e. The van der Waals surface area contributed by atoms with Crippen LogP contribution in [0.1, 0.15) is 37.4 Å². The first-order valence-electron chi connectivity index (χ1n) is 4.13. The molecule has 1 aromatic heterocycles. The molecule has 0 aliphatic heterocycles. The summed E-state index contributed by atoms with van der Waals surface area (Å²) in [6.45, 7) is 6.24. The van der Waals surface area contributed by atoms with Gasteiger partial charge in [-0.2, -0.15) is 0 Å². The number of halogens is 1. The molecule has 0 spiro atoms. The van der Waals surface area contributed by atoms with Crippen LogP contribution in [-0.4, -0.2) is 9.97 Å². The van der Waals surface area contributed by atoms with Crippen LogP contribution in [0.25, 0.3) is 0 Å². The Bertz CT molecular complexity index is 253. The Morgan fingerprint density at radius 3 is 2.67 bits per heavy atom. The van der Waals surface area contributed by atoms with Crippen LogP contribution in [0.5, 0.6) is 0 Å². The van der Waals surface area contributed by atoms with E-state index in [1.165, 1.54) is 6.33 Å². The van der Waals surface area contributed by atoms with Crippen molar-refractivity contribution in [2.75, 3.05) is 0 Å². The molecule has 3 heteroatoms. The molecule has 0 saturated carbocycles. The van der Waals surface area contributed by atoms with Crippen LogP contribution in [0.4, 0.5) is 0 Å². The first-order chi connectivity index (χ1) is 5.66. The molecule has 1 aromatic rings. The van der Waals surface area contributed by atoms with Gasteiger partial charge in [-0.3, -0.25) is 0 Å². The predicted molar refractivity (Wildman–Crippen MR) is 50.5 cm³/mol. The summed E-state index contributed by atoms with van der Waals surface area (Å²) in [6, 6.07) is 0. The van der Waals surface area contributed by atoms with Crippen molar-refractivity contribution in [2.24, 2.45) is 0 Å². The van der Waals surface area contributed by atoms with Crippen LogP contribution in [0.15, 0.2) is 6.33 Å². The molecule has 0 fully saturated rings. The lowest BCUT2D eigenvalue weighted by Crippen LogP contribution is -2.00. The monoisotopic (exact) mass is 184 g/mol. The van der Waals surface area contributed by atoms with Crippen molar-refractivity contribution in [2.45, 2.75) is 33.1 Å². The SMILES string of the molecule is CCC(C)c1c(C)ncnc1Cl. The molecule has 1 rings (SSSR count). The fourth-order valence-corrected chi connectivity index (χ4v) is 1.59. The molecule has 0 amide bonds. The molecule has 0 bridgehead atoms. The second-order valence-corrected chi connectivity index (χ2v) is 3.33. The quantitative estimate of drug-likeness (QED) is 0.661. The Morgan fingerprint density at radius 2 is 2.17 bits per heavy atom. The summed E-state index contributed by atoms with van der Waals surface area (Å²) in [5, 5.41) is 0.594. The van der Waals surface area contributed by atoms with Gasteiger partial charge in [-0.25, -0.2) is 9.97 Å². The van der Waals surface area contributed by atoms with Gasteiger partial charge < -0.3 is 0 Å². The van der Waals surface area contributed by atoms with Crippen molar-refractivity contribution in [3.63, 3.8) is 0 Å². The van der Waals surface area contributed by atoms with Crippen LogP contribution in [0, 0.1) is 6.92 Å². The minimum atomic E-state index is 0.443. The Hall–Kier alpha value is -0.630. The highest BCUT2D eigenvalue weighted by Crippen LogP contribution is 2.26. The number of aromatic nitrogens is 2. The van der Waals surface area contributed by atoms with Gasteiger partial charge in [0.05, 0.1) is 0 Å². The minimum absolute atomic E-state index is 0.443. The fourth-order valence-electron chi connectivity index (χ4n) is 1.22. The molecule has 0 aliphatic carbocycles. The molecule has 0 N–H and O–H groups in total. The lowest BCUT2D eigenvalue weighted by atomic mass is 9.99. The highest BCUT2D eigenvalue weighted by atomic mass is 35.5. The molecule has 1 unspecified atom stereocenters. The summed E-state index contributed by atoms with van der Waals surface area (Å²) in [6.07, 6.45) is 2.57. The third kappa shape index (κ3) is 1.75. The van der Waals surface area contributed by atoms with Crippen molar-refractivity contribution in [3.05, 3.63) is 22.7 Å². The zero-order valence-electron chi connectivity index (χ0n) is 7.63. The van der Waals surface area contributed by atoms with Gasteiger partial charge >= 0.3 is 0 Å². The van der Waals surface area contributed by atoms with Gasteiger partial charge in [0, 0.05) is 11.3 Å². The molecule has 2 nitrogen and oxygen atoms in total. The highest BCUT2D eigenvalue weighted by molar-refractivity contribution is 6.30. The number of rotatable bonds is 2. The van der Waals surface area contributed by atoms with Gasteiger partial charge in [0.2, 0.25) is 0 Å². The van der Waals surface area contributed by atoms with Gasteiger partial charge in [0.15, 0.2) is 0 Å². The zero-order valence-corrected chi connectivity index (χ0v) is 8.39. The Morgan fingerprint density at radius 1 is 1.50 bits per heavy atom. The zero-order chi connectivity index (χ0) is 9.14. The van der Waals surface area contributed by atoms with Crippen molar-refractivity contribution < 1.29 is 0 Å². The van der Waals surface area contributed by atoms with E-state index in [-0.39, 0.29) is 0 Å². The van der Waals surface area contributed by atoms with Crippen LogP contribution in [-0.2, 0) is 0 Å². The molecule has 0 radical (unpaired) electrons. The van der Waals surface area contributed by atoms with Crippen molar-refractivity contribution in [3.8, 4) is 0 Å². The number of nitrogens with zero attached hydrogens (tertiary/aromatic N) is 2. The van der Waals surface area contributed by atoms with E-state index in [9.17, 15) is 0 Å². The van der Waals surface area contributed by atoms with Gasteiger partial charge in [-0.1, -0.05) is 25.4 Å². The Balaban J connectivity index is 3.12. The van der Waals surface area contributed by atoms with Crippen molar-refractivity contribution in [1.29, 1.82) is 0 Å². The first kappa shape index (κ1) is 9.46. The third-order valence-corrected chi connectivity index (χ3v) is 2.44. The maximum absolute atomic E-state index is 5.95. The van der Waals surface area contributed by atoms with Crippen LogP contribution < -0.4 is 0 Å². The summed E-state index contributed by atoms with van der Waals surface area (Å²) in [5.74, 6) is 0.443. The predicted octanol–water partition coefficient (Wildman–Crippen LogP) is 2.95. The van der Waals surface area contributed by atoms with E-state index < -0.39 is 0 Å². The largest absolute Gasteiger partial charge is 0.241 e. The molecule has 0 aliphatic rings. The average Bonchev–Trinajstić information content (AvgIpc) is 2.03. The molecule has 1 heterocycles. The van der Waals surface area contributed by atoms with E-state index in [2.05, 4.69) is 23.8 Å². The lowest BCUT2D eigenvalue weighted by molar-refractivity contribution is 0.716. The maximum atomic E-state index is 5.95. The summed E-state index contributed by atoms with van der Waals surface area (Å²) in [4.78, 5) is 8.08. The van der Waals surface area contributed by atoms with Crippen LogP contribution in [0.3, 0.4) is 0 Å². The van der Waals surface area contributed by atoms with E-state index >= 15 is 0 Å². The average molecular weight is 185 g/mol.